The zero-order valence-electron chi connectivity index (χ0n) is 29.7. The summed E-state index contributed by atoms with van der Waals surface area (Å²) in [5.41, 5.74) is 8.08. The van der Waals surface area contributed by atoms with E-state index in [2.05, 4.69) is 76.2 Å². The molecular formula is C44H56N2O2. The molecule has 4 heteroatoms. The maximum Gasteiger partial charge on any atom is 0.127 e. The van der Waals surface area contributed by atoms with Crippen molar-refractivity contribution < 1.29 is 10.2 Å². The van der Waals surface area contributed by atoms with Gasteiger partial charge in [-0.3, -0.25) is 9.98 Å². The van der Waals surface area contributed by atoms with Crippen molar-refractivity contribution >= 4 is 12.4 Å². The molecule has 4 rings (SSSR count). The normalized spacial score (nSPS) is 13.0. The summed E-state index contributed by atoms with van der Waals surface area (Å²) in [5.74, 6) is 0.653. The number of aromatic hydroxyl groups is 2. The number of aliphatic imine (C=N–C) groups is 2. The predicted molar refractivity (Wildman–Crippen MR) is 204 cm³/mol. The van der Waals surface area contributed by atoms with Gasteiger partial charge in [-0.15, -0.1) is 0 Å². The fourth-order valence-electron chi connectivity index (χ4n) is 6.26. The second kappa shape index (κ2) is 19.6. The number of hydrogen-bond donors (Lipinski definition) is 2. The quantitative estimate of drug-likeness (QED) is 0.0998. The summed E-state index contributed by atoms with van der Waals surface area (Å²) in [6.07, 6.45) is 16.1. The van der Waals surface area contributed by atoms with E-state index >= 15 is 0 Å². The first-order valence-electron chi connectivity index (χ1n) is 18.3. The summed E-state index contributed by atoms with van der Waals surface area (Å²) in [6.45, 7) is 8.79. The lowest BCUT2D eigenvalue weighted by molar-refractivity contribution is 0.465. The summed E-state index contributed by atoms with van der Waals surface area (Å²) < 4.78 is 0. The van der Waals surface area contributed by atoms with E-state index < -0.39 is 0 Å². The van der Waals surface area contributed by atoms with Crippen molar-refractivity contribution in [3.63, 3.8) is 0 Å². The summed E-state index contributed by atoms with van der Waals surface area (Å²) in [7, 11) is 0. The molecule has 2 atom stereocenters. The Bertz CT molecular complexity index is 1470. The fourth-order valence-corrected chi connectivity index (χ4v) is 6.26. The summed E-state index contributed by atoms with van der Waals surface area (Å²) in [4.78, 5) is 10.5. The van der Waals surface area contributed by atoms with Gasteiger partial charge in [0, 0.05) is 23.6 Å². The Kier molecular flexibility index (Phi) is 15.0. The monoisotopic (exact) mass is 644 g/mol. The third-order valence-corrected chi connectivity index (χ3v) is 9.12. The lowest BCUT2D eigenvalue weighted by Gasteiger charge is -2.22. The smallest absolute Gasteiger partial charge is 0.127 e. The zero-order chi connectivity index (χ0) is 34.1. The maximum absolute atomic E-state index is 11.4. The van der Waals surface area contributed by atoms with Crippen LogP contribution in [-0.2, 0) is 25.7 Å². The highest BCUT2D eigenvalue weighted by Crippen LogP contribution is 2.37. The van der Waals surface area contributed by atoms with Crippen molar-refractivity contribution in [2.45, 2.75) is 117 Å². The standard InChI is InChI=1S/C44H56N2O2/c1-5-9-19-33-27-37(21-11-7-3)43(47)39(29-33)31-45-41(35-23-15-13-16-24-35)42(36-25-17-14-18-26-36)46-32-40-30-34(20-10-6-2)28-38(44(40)48)22-12-8-4/h13-18,23-32,41-42,47-48H,5-12,19-22H2,1-4H3. The van der Waals surface area contributed by atoms with Crippen molar-refractivity contribution in [3.05, 3.63) is 129 Å². The van der Waals surface area contributed by atoms with Gasteiger partial charge in [-0.25, -0.2) is 0 Å². The van der Waals surface area contributed by atoms with Gasteiger partial charge < -0.3 is 10.2 Å². The lowest BCUT2D eigenvalue weighted by atomic mass is 9.93. The third-order valence-electron chi connectivity index (χ3n) is 9.12. The SMILES string of the molecule is CCCCc1cc(C=NC(c2ccccc2)C(N=Cc2cc(CCCC)cc(CCCC)c2O)c2ccccc2)c(O)c(CCCC)c1. The Morgan fingerprint density at radius 1 is 0.500 bits per heavy atom. The van der Waals surface area contributed by atoms with E-state index in [1.165, 1.54) is 11.1 Å². The molecule has 254 valence electrons. The number of rotatable bonds is 19. The highest BCUT2D eigenvalue weighted by molar-refractivity contribution is 5.86. The average Bonchev–Trinajstić information content (AvgIpc) is 3.12. The van der Waals surface area contributed by atoms with Gasteiger partial charge in [0.2, 0.25) is 0 Å². The van der Waals surface area contributed by atoms with E-state index in [1.54, 1.807) is 0 Å². The van der Waals surface area contributed by atoms with Crippen LogP contribution in [0.3, 0.4) is 0 Å². The second-order valence-electron chi connectivity index (χ2n) is 13.1. The van der Waals surface area contributed by atoms with Crippen LogP contribution in [0.1, 0.15) is 136 Å². The molecule has 0 saturated carbocycles. The van der Waals surface area contributed by atoms with E-state index in [4.69, 9.17) is 9.98 Å². The van der Waals surface area contributed by atoms with Gasteiger partial charge in [-0.05, 0) is 96.9 Å². The second-order valence-corrected chi connectivity index (χ2v) is 13.1. The Balaban J connectivity index is 1.82. The number of benzene rings is 4. The van der Waals surface area contributed by atoms with Crippen LogP contribution in [0.2, 0.25) is 0 Å². The van der Waals surface area contributed by atoms with Crippen LogP contribution >= 0.6 is 0 Å². The molecule has 4 nitrogen and oxygen atoms in total. The van der Waals surface area contributed by atoms with Crippen LogP contribution in [-0.4, -0.2) is 22.6 Å². The number of phenols is 2. The molecule has 0 aromatic heterocycles. The van der Waals surface area contributed by atoms with Crippen LogP contribution in [0.5, 0.6) is 11.5 Å². The molecular weight excluding hydrogens is 588 g/mol. The molecule has 48 heavy (non-hydrogen) atoms. The van der Waals surface area contributed by atoms with Crippen molar-refractivity contribution in [1.82, 2.24) is 0 Å². The Morgan fingerprint density at radius 2 is 0.854 bits per heavy atom. The lowest BCUT2D eigenvalue weighted by Crippen LogP contribution is -2.09. The predicted octanol–water partition coefficient (Wildman–Crippen LogP) is 11.5. The molecule has 0 aliphatic heterocycles. The van der Waals surface area contributed by atoms with Crippen molar-refractivity contribution in [2.75, 3.05) is 0 Å². The highest BCUT2D eigenvalue weighted by atomic mass is 16.3. The highest BCUT2D eigenvalue weighted by Gasteiger charge is 2.24. The van der Waals surface area contributed by atoms with Crippen LogP contribution in [0.25, 0.3) is 0 Å². The molecule has 2 N–H and O–H groups in total. The first-order valence-corrected chi connectivity index (χ1v) is 18.3. The fraction of sp³-hybridized carbons (Fsp3) is 0.409. The van der Waals surface area contributed by atoms with Gasteiger partial charge in [0.15, 0.2) is 0 Å². The molecule has 0 radical (unpaired) electrons. The number of nitrogens with zero attached hydrogens (tertiary/aromatic N) is 2. The number of unbranched alkanes of at least 4 members (excludes halogenated alkanes) is 4. The molecule has 0 amide bonds. The molecule has 0 fully saturated rings. The zero-order valence-corrected chi connectivity index (χ0v) is 29.7. The molecule has 0 spiro atoms. The van der Waals surface area contributed by atoms with Crippen molar-refractivity contribution in [2.24, 2.45) is 9.98 Å². The minimum Gasteiger partial charge on any atom is -0.507 e. The molecule has 0 saturated heterocycles. The summed E-state index contributed by atoms with van der Waals surface area (Å²) in [6, 6.07) is 28.5. The first kappa shape index (κ1) is 36.7. The Labute approximate surface area is 289 Å². The number of aryl methyl sites for hydroxylation is 4. The summed E-state index contributed by atoms with van der Waals surface area (Å²) >= 11 is 0. The number of phenolic OH excluding ortho intramolecular Hbond substituents is 2. The van der Waals surface area contributed by atoms with Crippen molar-refractivity contribution in [3.8, 4) is 11.5 Å². The van der Waals surface area contributed by atoms with E-state index in [0.717, 1.165) is 110 Å². The average molecular weight is 645 g/mol. The van der Waals surface area contributed by atoms with E-state index in [9.17, 15) is 10.2 Å². The molecule has 2 unspecified atom stereocenters. The van der Waals surface area contributed by atoms with E-state index in [1.807, 2.05) is 48.8 Å². The first-order chi connectivity index (χ1) is 23.5. The van der Waals surface area contributed by atoms with Crippen molar-refractivity contribution in [1.29, 1.82) is 0 Å². The van der Waals surface area contributed by atoms with Crippen LogP contribution in [0, 0.1) is 0 Å². The minimum atomic E-state index is -0.354. The minimum absolute atomic E-state index is 0.326. The Morgan fingerprint density at radius 3 is 1.21 bits per heavy atom. The van der Waals surface area contributed by atoms with Gasteiger partial charge >= 0.3 is 0 Å². The molecule has 0 aliphatic carbocycles. The van der Waals surface area contributed by atoms with E-state index in [-0.39, 0.29) is 12.1 Å². The van der Waals surface area contributed by atoms with Crippen LogP contribution in [0.15, 0.2) is 94.9 Å². The molecule has 4 aromatic rings. The van der Waals surface area contributed by atoms with Crippen LogP contribution in [0.4, 0.5) is 0 Å². The third kappa shape index (κ3) is 10.4. The maximum atomic E-state index is 11.4. The van der Waals surface area contributed by atoms with Gasteiger partial charge in [0.1, 0.15) is 23.6 Å². The molecule has 0 aliphatic rings. The van der Waals surface area contributed by atoms with Gasteiger partial charge in [-0.2, -0.15) is 0 Å². The Hall–Kier alpha value is -4.18. The molecule has 0 heterocycles. The molecule has 4 aromatic carbocycles. The summed E-state index contributed by atoms with van der Waals surface area (Å²) in [5, 5.41) is 22.8. The van der Waals surface area contributed by atoms with E-state index in [0.29, 0.717) is 11.5 Å². The van der Waals surface area contributed by atoms with Crippen LogP contribution < -0.4 is 0 Å². The largest absolute Gasteiger partial charge is 0.507 e. The number of hydrogen-bond acceptors (Lipinski definition) is 4. The molecule has 0 bridgehead atoms. The topological polar surface area (TPSA) is 65.2 Å². The van der Waals surface area contributed by atoms with Gasteiger partial charge in [0.05, 0.1) is 0 Å². The van der Waals surface area contributed by atoms with Gasteiger partial charge in [0.25, 0.3) is 0 Å². The van der Waals surface area contributed by atoms with Gasteiger partial charge in [-0.1, -0.05) is 126 Å².